The van der Waals surface area contributed by atoms with Gasteiger partial charge in [0.05, 0.1) is 23.2 Å². The molecule has 0 saturated carbocycles. The van der Waals surface area contributed by atoms with E-state index in [1.165, 1.54) is 0 Å². The van der Waals surface area contributed by atoms with Gasteiger partial charge in [0.25, 0.3) is 0 Å². The monoisotopic (exact) mass is 287 g/mol. The highest BCUT2D eigenvalue weighted by Crippen LogP contribution is 2.37. The van der Waals surface area contributed by atoms with Crippen molar-refractivity contribution in [2.75, 3.05) is 11.6 Å². The van der Waals surface area contributed by atoms with Crippen LogP contribution in [0.3, 0.4) is 0 Å². The Hall–Kier alpha value is -1.05. The van der Waals surface area contributed by atoms with Gasteiger partial charge in [-0.05, 0) is 17.7 Å². The lowest BCUT2D eigenvalue weighted by atomic mass is 9.98. The Bertz CT molecular complexity index is 439. The SMILES string of the molecule is Nc1cc(C(F)(F)F)c(C(O)C(O)CCl)cc1F. The van der Waals surface area contributed by atoms with Gasteiger partial charge in [-0.3, -0.25) is 0 Å². The molecule has 0 spiro atoms. The second-order valence-electron chi connectivity index (χ2n) is 3.63. The lowest BCUT2D eigenvalue weighted by Gasteiger charge is -2.21. The van der Waals surface area contributed by atoms with Gasteiger partial charge in [0, 0.05) is 0 Å². The predicted octanol–water partition coefficient (Wildman–Crippen LogP) is 2.06. The molecule has 0 aliphatic heterocycles. The first-order valence-electron chi connectivity index (χ1n) is 4.76. The summed E-state index contributed by atoms with van der Waals surface area (Å²) in [6, 6.07) is 0.813. The number of anilines is 1. The molecule has 0 radical (unpaired) electrons. The van der Waals surface area contributed by atoms with Gasteiger partial charge in [0.2, 0.25) is 0 Å². The van der Waals surface area contributed by atoms with Crippen LogP contribution in [0.5, 0.6) is 0 Å². The number of nitrogens with two attached hydrogens (primary N) is 1. The van der Waals surface area contributed by atoms with Crippen molar-refractivity contribution in [3.05, 3.63) is 29.1 Å². The Morgan fingerprint density at radius 2 is 1.83 bits per heavy atom. The third-order valence-corrected chi connectivity index (χ3v) is 2.63. The molecular weight excluding hydrogens is 278 g/mol. The molecule has 0 fully saturated rings. The molecule has 0 aliphatic carbocycles. The summed E-state index contributed by atoms with van der Waals surface area (Å²) in [4.78, 5) is 0. The van der Waals surface area contributed by atoms with Crippen molar-refractivity contribution in [2.45, 2.75) is 18.4 Å². The average Bonchev–Trinajstić information content (AvgIpc) is 2.28. The van der Waals surface area contributed by atoms with Crippen molar-refractivity contribution in [1.82, 2.24) is 0 Å². The maximum absolute atomic E-state index is 13.2. The number of benzene rings is 1. The number of hydrogen-bond donors (Lipinski definition) is 3. The topological polar surface area (TPSA) is 66.5 Å². The quantitative estimate of drug-likeness (QED) is 0.453. The smallest absolute Gasteiger partial charge is 0.396 e. The van der Waals surface area contributed by atoms with Crippen molar-refractivity contribution in [2.24, 2.45) is 0 Å². The third kappa shape index (κ3) is 3.04. The maximum atomic E-state index is 13.2. The molecule has 0 heterocycles. The van der Waals surface area contributed by atoms with Gasteiger partial charge in [-0.2, -0.15) is 13.2 Å². The molecule has 2 atom stereocenters. The largest absolute Gasteiger partial charge is 0.416 e. The molecule has 3 nitrogen and oxygen atoms in total. The summed E-state index contributed by atoms with van der Waals surface area (Å²) < 4.78 is 51.2. The number of rotatable bonds is 3. The Morgan fingerprint density at radius 1 is 1.28 bits per heavy atom. The molecule has 2 unspecified atom stereocenters. The molecular formula is C10H10ClF4NO2. The van der Waals surface area contributed by atoms with Crippen LogP contribution in [0.15, 0.2) is 12.1 Å². The minimum absolute atomic E-state index is 0.370. The van der Waals surface area contributed by atoms with Crippen LogP contribution >= 0.6 is 11.6 Å². The molecule has 1 aromatic rings. The van der Waals surface area contributed by atoms with Crippen molar-refractivity contribution in [1.29, 1.82) is 0 Å². The number of aliphatic hydroxyl groups excluding tert-OH is 2. The van der Waals surface area contributed by atoms with Crippen molar-refractivity contribution in [3.8, 4) is 0 Å². The fourth-order valence-corrected chi connectivity index (χ4v) is 1.56. The molecule has 1 aromatic carbocycles. The molecule has 0 amide bonds. The first-order valence-corrected chi connectivity index (χ1v) is 5.30. The summed E-state index contributed by atoms with van der Waals surface area (Å²) in [7, 11) is 0. The molecule has 0 bridgehead atoms. The first kappa shape index (κ1) is 15.0. The van der Waals surface area contributed by atoms with Gasteiger partial charge in [-0.15, -0.1) is 11.6 Å². The van der Waals surface area contributed by atoms with Gasteiger partial charge in [-0.1, -0.05) is 0 Å². The fraction of sp³-hybridized carbons (Fsp3) is 0.400. The van der Waals surface area contributed by atoms with E-state index in [9.17, 15) is 27.8 Å². The zero-order valence-corrected chi connectivity index (χ0v) is 9.63. The highest BCUT2D eigenvalue weighted by Gasteiger charge is 2.37. The third-order valence-electron chi connectivity index (χ3n) is 2.32. The van der Waals surface area contributed by atoms with E-state index in [0.717, 1.165) is 0 Å². The van der Waals surface area contributed by atoms with Gasteiger partial charge >= 0.3 is 6.18 Å². The summed E-state index contributed by atoms with van der Waals surface area (Å²) in [6.45, 7) is 0. The standard InChI is InChI=1S/C10H10ClF4NO2/c11-3-8(17)9(18)4-1-6(12)7(16)2-5(4)10(13,14)15/h1-2,8-9,17-18H,3,16H2. The Labute approximate surface area is 105 Å². The molecule has 8 heteroatoms. The van der Waals surface area contributed by atoms with E-state index in [4.69, 9.17) is 17.3 Å². The van der Waals surface area contributed by atoms with E-state index < -0.39 is 46.9 Å². The Morgan fingerprint density at radius 3 is 2.28 bits per heavy atom. The van der Waals surface area contributed by atoms with Crippen molar-refractivity contribution in [3.63, 3.8) is 0 Å². The number of halogens is 5. The van der Waals surface area contributed by atoms with E-state index in [1.807, 2.05) is 0 Å². The Kier molecular flexibility index (Phi) is 4.41. The number of nitrogen functional groups attached to an aromatic ring is 1. The van der Waals surface area contributed by atoms with Gasteiger partial charge < -0.3 is 15.9 Å². The summed E-state index contributed by atoms with van der Waals surface area (Å²) in [5.74, 6) is -1.61. The van der Waals surface area contributed by atoms with Crippen LogP contribution in [0.25, 0.3) is 0 Å². The lowest BCUT2D eigenvalue weighted by Crippen LogP contribution is -2.23. The zero-order chi connectivity index (χ0) is 14.1. The fourth-order valence-electron chi connectivity index (χ4n) is 1.39. The van der Waals surface area contributed by atoms with E-state index in [-0.39, 0.29) is 0 Å². The molecule has 102 valence electrons. The summed E-state index contributed by atoms with van der Waals surface area (Å²) >= 11 is 5.22. The van der Waals surface area contributed by atoms with Crippen LogP contribution in [0, 0.1) is 5.82 Å². The zero-order valence-electron chi connectivity index (χ0n) is 8.88. The van der Waals surface area contributed by atoms with E-state index >= 15 is 0 Å². The second kappa shape index (κ2) is 5.29. The average molecular weight is 288 g/mol. The van der Waals surface area contributed by atoms with E-state index in [0.29, 0.717) is 12.1 Å². The minimum Gasteiger partial charge on any atom is -0.396 e. The van der Waals surface area contributed by atoms with Crippen LogP contribution in [0.1, 0.15) is 17.2 Å². The normalized spacial score (nSPS) is 15.5. The number of hydrogen-bond acceptors (Lipinski definition) is 3. The van der Waals surface area contributed by atoms with Crippen LogP contribution in [-0.2, 0) is 6.18 Å². The second-order valence-corrected chi connectivity index (χ2v) is 3.93. The van der Waals surface area contributed by atoms with Crippen LogP contribution in [0.2, 0.25) is 0 Å². The maximum Gasteiger partial charge on any atom is 0.416 e. The predicted molar refractivity (Wildman–Crippen MR) is 57.5 cm³/mol. The van der Waals surface area contributed by atoms with Gasteiger partial charge in [0.15, 0.2) is 0 Å². The highest BCUT2D eigenvalue weighted by molar-refractivity contribution is 6.18. The summed E-state index contributed by atoms with van der Waals surface area (Å²) in [5, 5.41) is 18.7. The minimum atomic E-state index is -4.83. The molecule has 0 saturated heterocycles. The lowest BCUT2D eigenvalue weighted by molar-refractivity contribution is -0.139. The van der Waals surface area contributed by atoms with Crippen molar-refractivity contribution >= 4 is 17.3 Å². The number of aliphatic hydroxyl groups is 2. The molecule has 18 heavy (non-hydrogen) atoms. The Balaban J connectivity index is 3.37. The number of alkyl halides is 4. The van der Waals surface area contributed by atoms with E-state index in [2.05, 4.69) is 0 Å². The molecule has 0 aliphatic rings. The van der Waals surface area contributed by atoms with Crippen LogP contribution < -0.4 is 5.73 Å². The van der Waals surface area contributed by atoms with Gasteiger partial charge in [-0.25, -0.2) is 4.39 Å². The molecule has 4 N–H and O–H groups in total. The molecule has 0 aromatic heterocycles. The summed E-state index contributed by atoms with van der Waals surface area (Å²) in [6.07, 6.45) is -8.42. The first-order chi connectivity index (χ1) is 8.18. The summed E-state index contributed by atoms with van der Waals surface area (Å²) in [5.41, 5.74) is 2.24. The van der Waals surface area contributed by atoms with E-state index in [1.54, 1.807) is 0 Å². The highest BCUT2D eigenvalue weighted by atomic mass is 35.5. The van der Waals surface area contributed by atoms with Gasteiger partial charge in [0.1, 0.15) is 11.9 Å². The van der Waals surface area contributed by atoms with Crippen molar-refractivity contribution < 1.29 is 27.8 Å². The van der Waals surface area contributed by atoms with Crippen LogP contribution in [-0.4, -0.2) is 22.2 Å². The van der Waals surface area contributed by atoms with Crippen LogP contribution in [0.4, 0.5) is 23.2 Å². The molecule has 1 rings (SSSR count).